The maximum atomic E-state index is 9.63. The van der Waals surface area contributed by atoms with Crippen molar-refractivity contribution in [1.82, 2.24) is 0 Å². The summed E-state index contributed by atoms with van der Waals surface area (Å²) in [4.78, 5) is 19.3. The fourth-order valence-electron chi connectivity index (χ4n) is 0.258. The van der Waals surface area contributed by atoms with Gasteiger partial charge in [0.2, 0.25) is 0 Å². The summed E-state index contributed by atoms with van der Waals surface area (Å²) in [6.07, 6.45) is -4.88. The van der Waals surface area contributed by atoms with Gasteiger partial charge < -0.3 is 30.0 Å². The molecule has 0 heterocycles. The van der Waals surface area contributed by atoms with E-state index in [2.05, 4.69) is 0 Å². The molecule has 0 aromatic rings. The molecule has 0 saturated carbocycles. The van der Waals surface area contributed by atoms with Gasteiger partial charge in [-0.05, 0) is 0 Å². The molecule has 2 N–H and O–H groups in total. The van der Waals surface area contributed by atoms with Gasteiger partial charge in [-0.1, -0.05) is 0 Å². The number of aliphatic carboxylic acids is 2. The van der Waals surface area contributed by atoms with E-state index in [1.165, 1.54) is 0 Å². The van der Waals surface area contributed by atoms with E-state index in [-0.39, 0.29) is 120 Å². The third-order valence-corrected chi connectivity index (χ3v) is 0.782. The first-order valence-electron chi connectivity index (χ1n) is 2.24. The molecule has 0 aliphatic carbocycles. The van der Waals surface area contributed by atoms with Crippen LogP contribution in [0.5, 0.6) is 0 Å². The van der Waals surface area contributed by atoms with Gasteiger partial charge in [0.25, 0.3) is 0 Å². The minimum atomic E-state index is -2.44. The Hall–Kier alpha value is 2.26. The van der Waals surface area contributed by atoms with Gasteiger partial charge in [-0.25, -0.2) is 0 Å². The maximum absolute atomic E-state index is 9.63. The molecule has 64 valence electrons. The van der Waals surface area contributed by atoms with Gasteiger partial charge in [0, 0.05) is 16.8 Å². The summed E-state index contributed by atoms with van der Waals surface area (Å²) in [6.45, 7) is 0. The normalized spacial score (nSPS) is 11.3. The summed E-state index contributed by atoms with van der Waals surface area (Å²) in [5.74, 6) is -4.12. The van der Waals surface area contributed by atoms with Crippen LogP contribution < -0.4 is 113 Å². The molecule has 0 aromatic carbocycles. The SMILES string of the molecule is O=C([O-])C(O)C(O)C(=O)[O-].[B].[B].[K+].[K+]. The number of hydrogen-bond donors (Lipinski definition) is 2. The summed E-state index contributed by atoms with van der Waals surface area (Å²) in [5, 5.41) is 35.7. The van der Waals surface area contributed by atoms with Crippen molar-refractivity contribution in [2.24, 2.45) is 0 Å². The van der Waals surface area contributed by atoms with Crippen molar-refractivity contribution in [2.75, 3.05) is 0 Å². The van der Waals surface area contributed by atoms with Crippen molar-refractivity contribution < 1.29 is 133 Å². The molecule has 2 unspecified atom stereocenters. The number of carbonyl (C=O) groups is 2. The largest absolute Gasteiger partial charge is 1.00 e. The molecule has 14 heavy (non-hydrogen) atoms. The van der Waals surface area contributed by atoms with Crippen molar-refractivity contribution in [1.29, 1.82) is 0 Å². The third-order valence-electron chi connectivity index (χ3n) is 0.782. The van der Waals surface area contributed by atoms with Crippen LogP contribution in [0, 0.1) is 0 Å². The fourth-order valence-corrected chi connectivity index (χ4v) is 0.258. The van der Waals surface area contributed by atoms with E-state index in [1.54, 1.807) is 0 Å². The summed E-state index contributed by atoms with van der Waals surface area (Å²) in [6, 6.07) is 0. The van der Waals surface area contributed by atoms with Crippen molar-refractivity contribution in [3.8, 4) is 0 Å². The zero-order chi connectivity index (χ0) is 8.31. The molecular weight excluding hydrogens is 244 g/mol. The molecular formula is C4H4B2K2O6. The Balaban J connectivity index is -0.0000000675. The first-order chi connectivity index (χ1) is 4.46. The molecule has 0 amide bonds. The number of aliphatic hydroxyl groups excluding tert-OH is 2. The quantitative estimate of drug-likeness (QED) is 0.478. The minimum absolute atomic E-state index is 0. The second-order valence-corrected chi connectivity index (χ2v) is 1.53. The van der Waals surface area contributed by atoms with E-state index in [1.807, 2.05) is 0 Å². The Morgan fingerprint density at radius 2 is 1.00 bits per heavy atom. The molecule has 0 aromatic heterocycles. The molecule has 0 fully saturated rings. The van der Waals surface area contributed by atoms with Crippen LogP contribution in [0.3, 0.4) is 0 Å². The van der Waals surface area contributed by atoms with Crippen LogP contribution in [0.2, 0.25) is 0 Å². The Morgan fingerprint density at radius 1 is 0.857 bits per heavy atom. The summed E-state index contributed by atoms with van der Waals surface area (Å²) in [5.41, 5.74) is 0. The summed E-state index contributed by atoms with van der Waals surface area (Å²) < 4.78 is 0. The zero-order valence-electron chi connectivity index (χ0n) is 7.84. The van der Waals surface area contributed by atoms with Crippen LogP contribution in [-0.2, 0) is 9.59 Å². The van der Waals surface area contributed by atoms with Gasteiger partial charge in [-0.2, -0.15) is 0 Å². The number of aliphatic hydroxyl groups is 2. The van der Waals surface area contributed by atoms with E-state index < -0.39 is 24.1 Å². The minimum Gasteiger partial charge on any atom is -0.547 e. The van der Waals surface area contributed by atoms with E-state index >= 15 is 0 Å². The van der Waals surface area contributed by atoms with Gasteiger partial charge in [0.15, 0.2) is 0 Å². The number of carboxylic acids is 2. The van der Waals surface area contributed by atoms with Crippen molar-refractivity contribution in [3.05, 3.63) is 0 Å². The fraction of sp³-hybridized carbons (Fsp3) is 0.500. The predicted octanol–water partition coefficient (Wildman–Crippen LogP) is -11.5. The van der Waals surface area contributed by atoms with E-state index in [4.69, 9.17) is 10.2 Å². The Bertz CT molecular complexity index is 150. The topological polar surface area (TPSA) is 121 Å². The Labute approximate surface area is 170 Å². The van der Waals surface area contributed by atoms with Gasteiger partial charge in [0.1, 0.15) is 12.2 Å². The van der Waals surface area contributed by atoms with E-state index in [9.17, 15) is 19.8 Å². The molecule has 0 spiro atoms. The second kappa shape index (κ2) is 15.3. The van der Waals surface area contributed by atoms with Gasteiger partial charge in [-0.15, -0.1) is 0 Å². The first kappa shape index (κ1) is 29.9. The molecule has 0 aliphatic rings. The second-order valence-electron chi connectivity index (χ2n) is 1.53. The maximum Gasteiger partial charge on any atom is 1.00 e. The number of carbonyl (C=O) groups excluding carboxylic acids is 2. The molecule has 0 bridgehead atoms. The zero-order valence-corrected chi connectivity index (χ0v) is 14.1. The molecule has 10 heteroatoms. The molecule has 0 rings (SSSR count). The number of carboxylic acid groups (broad SMARTS) is 2. The van der Waals surface area contributed by atoms with E-state index in [0.29, 0.717) is 0 Å². The molecule has 6 radical (unpaired) electrons. The molecule has 0 aliphatic heterocycles. The smallest absolute Gasteiger partial charge is 0.547 e. The average molecular weight is 248 g/mol. The van der Waals surface area contributed by atoms with Crippen molar-refractivity contribution in [3.63, 3.8) is 0 Å². The van der Waals surface area contributed by atoms with Crippen molar-refractivity contribution >= 4 is 28.8 Å². The van der Waals surface area contributed by atoms with E-state index in [0.717, 1.165) is 0 Å². The predicted molar refractivity (Wildman–Crippen MR) is 33.5 cm³/mol. The Morgan fingerprint density at radius 3 is 1.07 bits per heavy atom. The van der Waals surface area contributed by atoms with Crippen LogP contribution in [0.4, 0.5) is 0 Å². The molecule has 0 saturated heterocycles. The van der Waals surface area contributed by atoms with Crippen molar-refractivity contribution in [2.45, 2.75) is 12.2 Å². The Kier molecular flexibility index (Phi) is 32.6. The summed E-state index contributed by atoms with van der Waals surface area (Å²) in [7, 11) is 0. The van der Waals surface area contributed by atoms with Gasteiger partial charge >= 0.3 is 103 Å². The van der Waals surface area contributed by atoms with Crippen LogP contribution in [0.15, 0.2) is 0 Å². The van der Waals surface area contributed by atoms with Crippen LogP contribution in [-0.4, -0.2) is 51.2 Å². The summed E-state index contributed by atoms with van der Waals surface area (Å²) >= 11 is 0. The monoisotopic (exact) mass is 248 g/mol. The third kappa shape index (κ3) is 12.3. The standard InChI is InChI=1S/C4H6O6.2B.2K/c5-1(3(7)8)2(6)4(9)10;;;;/h1-2,5-6H,(H,7,8)(H,9,10);;;;/q;;;2*+1/p-2. The number of hydrogen-bond acceptors (Lipinski definition) is 6. The first-order valence-corrected chi connectivity index (χ1v) is 2.24. The number of rotatable bonds is 3. The van der Waals surface area contributed by atoms with Crippen LogP contribution >= 0.6 is 0 Å². The van der Waals surface area contributed by atoms with Gasteiger partial charge in [-0.3, -0.25) is 0 Å². The molecule has 2 atom stereocenters. The van der Waals surface area contributed by atoms with Crippen LogP contribution in [0.25, 0.3) is 0 Å². The molecule has 6 nitrogen and oxygen atoms in total. The average Bonchev–Trinajstić information content (AvgIpc) is 1.84. The van der Waals surface area contributed by atoms with Gasteiger partial charge in [0.05, 0.1) is 11.9 Å². The van der Waals surface area contributed by atoms with Crippen LogP contribution in [0.1, 0.15) is 0 Å².